The van der Waals surface area contributed by atoms with Crippen LogP contribution in [0.3, 0.4) is 0 Å². The van der Waals surface area contributed by atoms with Crippen molar-refractivity contribution in [1.29, 1.82) is 0 Å². The van der Waals surface area contributed by atoms with Gasteiger partial charge in [-0.3, -0.25) is 9.59 Å². The molecule has 1 aromatic rings. The molecule has 2 heterocycles. The van der Waals surface area contributed by atoms with Crippen LogP contribution >= 0.6 is 15.9 Å². The molecule has 2 amide bonds. The van der Waals surface area contributed by atoms with Crippen LogP contribution in [0.2, 0.25) is 0 Å². The molecule has 1 N–H and O–H groups in total. The number of ether oxygens (including phenoxy) is 1. The number of amides is 2. The Bertz CT molecular complexity index is 524. The molecule has 2 rings (SSSR count). The third-order valence-corrected chi connectivity index (χ3v) is 3.65. The maximum absolute atomic E-state index is 12.6. The van der Waals surface area contributed by atoms with Crippen LogP contribution in [0.5, 0.6) is 0 Å². The van der Waals surface area contributed by atoms with Gasteiger partial charge < -0.3 is 15.0 Å². The van der Waals surface area contributed by atoms with Crippen molar-refractivity contribution in [3.05, 3.63) is 28.5 Å². The molecule has 1 saturated heterocycles. The second-order valence-corrected chi connectivity index (χ2v) is 5.56. The minimum Gasteiger partial charge on any atom is -0.377 e. The molecule has 21 heavy (non-hydrogen) atoms. The van der Waals surface area contributed by atoms with Crippen LogP contribution in [0.25, 0.3) is 0 Å². The van der Waals surface area contributed by atoms with Gasteiger partial charge in [-0.1, -0.05) is 6.92 Å². The number of nitrogens with zero attached hydrogens (tertiary/aromatic N) is 2. The molecule has 0 spiro atoms. The van der Waals surface area contributed by atoms with E-state index in [0.717, 1.165) is 6.42 Å². The van der Waals surface area contributed by atoms with Crippen LogP contribution in [0.15, 0.2) is 22.9 Å². The third-order valence-electron chi connectivity index (χ3n) is 3.21. The fourth-order valence-corrected chi connectivity index (χ4v) is 2.50. The van der Waals surface area contributed by atoms with Gasteiger partial charge in [-0.15, -0.1) is 0 Å². The molecule has 0 aliphatic carbocycles. The molecule has 1 unspecified atom stereocenters. The molecule has 114 valence electrons. The van der Waals surface area contributed by atoms with Crippen molar-refractivity contribution in [3.63, 3.8) is 0 Å². The normalized spacial score (nSPS) is 18.4. The summed E-state index contributed by atoms with van der Waals surface area (Å²) < 4.78 is 5.94. The molecule has 6 nitrogen and oxygen atoms in total. The Morgan fingerprint density at radius 1 is 1.57 bits per heavy atom. The molecule has 1 atom stereocenters. The van der Waals surface area contributed by atoms with E-state index in [-0.39, 0.29) is 18.4 Å². The van der Waals surface area contributed by atoms with Crippen molar-refractivity contribution in [1.82, 2.24) is 15.2 Å². The van der Waals surface area contributed by atoms with E-state index < -0.39 is 6.04 Å². The molecule has 0 bridgehead atoms. The van der Waals surface area contributed by atoms with Gasteiger partial charge in [0.2, 0.25) is 5.91 Å². The summed E-state index contributed by atoms with van der Waals surface area (Å²) in [6, 6.07) is 2.72. The Morgan fingerprint density at radius 2 is 2.38 bits per heavy atom. The van der Waals surface area contributed by atoms with Crippen molar-refractivity contribution in [2.45, 2.75) is 19.4 Å². The third kappa shape index (κ3) is 4.01. The smallest absolute Gasteiger partial charge is 0.254 e. The van der Waals surface area contributed by atoms with Crippen molar-refractivity contribution in [3.8, 4) is 0 Å². The molecule has 1 aliphatic heterocycles. The van der Waals surface area contributed by atoms with Crippen molar-refractivity contribution < 1.29 is 14.3 Å². The average molecular weight is 356 g/mol. The van der Waals surface area contributed by atoms with Gasteiger partial charge in [-0.25, -0.2) is 4.98 Å². The summed E-state index contributed by atoms with van der Waals surface area (Å²) >= 11 is 3.25. The Labute approximate surface area is 132 Å². The summed E-state index contributed by atoms with van der Waals surface area (Å²) in [4.78, 5) is 30.3. The van der Waals surface area contributed by atoms with Crippen molar-refractivity contribution in [2.24, 2.45) is 0 Å². The molecule has 0 radical (unpaired) electrons. The summed E-state index contributed by atoms with van der Waals surface area (Å²) in [5, 5.41) is 2.82. The van der Waals surface area contributed by atoms with Crippen molar-refractivity contribution >= 4 is 27.7 Å². The van der Waals surface area contributed by atoms with Crippen molar-refractivity contribution in [2.75, 3.05) is 26.3 Å². The fourth-order valence-electron chi connectivity index (χ4n) is 2.13. The SMILES string of the molecule is CCCNC(=O)C1COCCN1C(=O)c1ccnc(Br)c1. The predicted octanol–water partition coefficient (Wildman–Crippen LogP) is 1.21. The summed E-state index contributed by atoms with van der Waals surface area (Å²) in [6.45, 7) is 3.65. The molecule has 0 aromatic carbocycles. The summed E-state index contributed by atoms with van der Waals surface area (Å²) in [5.74, 6) is -0.351. The molecule has 1 aromatic heterocycles. The van der Waals surface area contributed by atoms with E-state index >= 15 is 0 Å². The van der Waals surface area contributed by atoms with Gasteiger partial charge >= 0.3 is 0 Å². The van der Waals surface area contributed by atoms with E-state index in [0.29, 0.717) is 29.9 Å². The highest BCUT2D eigenvalue weighted by molar-refractivity contribution is 9.10. The minimum atomic E-state index is -0.579. The van der Waals surface area contributed by atoms with Gasteiger partial charge in [0.1, 0.15) is 10.6 Å². The lowest BCUT2D eigenvalue weighted by Crippen LogP contribution is -2.56. The van der Waals surface area contributed by atoms with Crippen LogP contribution in [0.1, 0.15) is 23.7 Å². The molecule has 7 heteroatoms. The number of carbonyl (C=O) groups is 2. The maximum atomic E-state index is 12.6. The number of aromatic nitrogens is 1. The largest absolute Gasteiger partial charge is 0.377 e. The first-order valence-electron chi connectivity index (χ1n) is 6.91. The minimum absolute atomic E-state index is 0.168. The zero-order valence-corrected chi connectivity index (χ0v) is 13.4. The van der Waals surface area contributed by atoms with Crippen LogP contribution in [0.4, 0.5) is 0 Å². The van der Waals surface area contributed by atoms with Crippen LogP contribution in [-0.4, -0.2) is 54.0 Å². The standard InChI is InChI=1S/C14H18BrN3O3/c1-2-4-17-13(19)11-9-21-7-6-18(11)14(20)10-3-5-16-12(15)8-10/h3,5,8,11H,2,4,6-7,9H2,1H3,(H,17,19). The molecule has 1 fully saturated rings. The van der Waals surface area contributed by atoms with Gasteiger partial charge in [-0.2, -0.15) is 0 Å². The highest BCUT2D eigenvalue weighted by Gasteiger charge is 2.33. The first-order valence-corrected chi connectivity index (χ1v) is 7.70. The number of nitrogens with one attached hydrogen (secondary N) is 1. The zero-order valence-electron chi connectivity index (χ0n) is 11.8. The van der Waals surface area contributed by atoms with Gasteiger partial charge in [0.15, 0.2) is 0 Å². The number of hydrogen-bond acceptors (Lipinski definition) is 4. The number of rotatable bonds is 4. The van der Waals surface area contributed by atoms with E-state index in [1.165, 1.54) is 0 Å². The van der Waals surface area contributed by atoms with E-state index in [9.17, 15) is 9.59 Å². The van der Waals surface area contributed by atoms with Gasteiger partial charge in [0.05, 0.1) is 13.2 Å². The highest BCUT2D eigenvalue weighted by Crippen LogP contribution is 2.15. The highest BCUT2D eigenvalue weighted by atomic mass is 79.9. The number of morpholine rings is 1. The summed E-state index contributed by atoms with van der Waals surface area (Å²) in [6.07, 6.45) is 2.41. The maximum Gasteiger partial charge on any atom is 0.254 e. The lowest BCUT2D eigenvalue weighted by molar-refractivity contribution is -0.130. The number of pyridine rings is 1. The van der Waals surface area contributed by atoms with E-state index in [4.69, 9.17) is 4.74 Å². The zero-order chi connectivity index (χ0) is 15.2. The fraction of sp³-hybridized carbons (Fsp3) is 0.500. The van der Waals surface area contributed by atoms with E-state index in [1.54, 1.807) is 23.2 Å². The summed E-state index contributed by atoms with van der Waals surface area (Å²) in [7, 11) is 0. The Balaban J connectivity index is 2.14. The summed E-state index contributed by atoms with van der Waals surface area (Å²) in [5.41, 5.74) is 0.507. The second kappa shape index (κ2) is 7.51. The number of hydrogen-bond donors (Lipinski definition) is 1. The second-order valence-electron chi connectivity index (χ2n) is 4.75. The van der Waals surface area contributed by atoms with Crippen LogP contribution in [-0.2, 0) is 9.53 Å². The van der Waals surface area contributed by atoms with Crippen LogP contribution in [0, 0.1) is 0 Å². The first-order chi connectivity index (χ1) is 10.1. The predicted molar refractivity (Wildman–Crippen MR) is 80.9 cm³/mol. The molecule has 0 saturated carbocycles. The Hall–Kier alpha value is -1.47. The van der Waals surface area contributed by atoms with Gasteiger partial charge in [0.25, 0.3) is 5.91 Å². The number of halogens is 1. The molecule has 1 aliphatic rings. The monoisotopic (exact) mass is 355 g/mol. The van der Waals surface area contributed by atoms with E-state index in [1.807, 2.05) is 6.92 Å². The lowest BCUT2D eigenvalue weighted by Gasteiger charge is -2.34. The first kappa shape index (κ1) is 15.9. The number of carbonyl (C=O) groups excluding carboxylic acids is 2. The topological polar surface area (TPSA) is 71.5 Å². The Kier molecular flexibility index (Phi) is 5.69. The van der Waals surface area contributed by atoms with E-state index in [2.05, 4.69) is 26.2 Å². The quantitative estimate of drug-likeness (QED) is 0.824. The lowest BCUT2D eigenvalue weighted by atomic mass is 10.1. The molecular formula is C14H18BrN3O3. The van der Waals surface area contributed by atoms with Crippen LogP contribution < -0.4 is 5.32 Å². The van der Waals surface area contributed by atoms with Gasteiger partial charge in [-0.05, 0) is 34.5 Å². The molecular weight excluding hydrogens is 338 g/mol. The average Bonchev–Trinajstić information content (AvgIpc) is 2.52. The van der Waals surface area contributed by atoms with Gasteiger partial charge in [0, 0.05) is 24.8 Å². The Morgan fingerprint density at radius 3 is 3.10 bits per heavy atom.